The highest BCUT2D eigenvalue weighted by molar-refractivity contribution is 7.21. The van der Waals surface area contributed by atoms with Gasteiger partial charge in [0.25, 0.3) is 5.91 Å². The SMILES string of the molecule is CNC(=O)c1sc2nc3cc4c(cc3cc2c1N)OCCO4. The standard InChI is InChI=1S/C15H13N3O3S/c1-17-14(19)13-12(16)8-4-7-5-10-11(21-3-2-20-10)6-9(7)18-15(8)22-13/h4-6H,2-3,16H2,1H3,(H,17,19). The molecular weight excluding hydrogens is 302 g/mol. The zero-order valence-electron chi connectivity index (χ0n) is 11.8. The van der Waals surface area contributed by atoms with Crippen LogP contribution in [0, 0.1) is 0 Å². The van der Waals surface area contributed by atoms with Gasteiger partial charge in [-0.1, -0.05) is 0 Å². The van der Waals surface area contributed by atoms with Gasteiger partial charge in [0.05, 0.1) is 11.2 Å². The van der Waals surface area contributed by atoms with Crippen molar-refractivity contribution in [2.45, 2.75) is 0 Å². The highest BCUT2D eigenvalue weighted by atomic mass is 32.1. The maximum atomic E-state index is 11.9. The Morgan fingerprint density at radius 2 is 2.00 bits per heavy atom. The van der Waals surface area contributed by atoms with Crippen molar-refractivity contribution in [3.63, 3.8) is 0 Å². The van der Waals surface area contributed by atoms with Crippen LogP contribution in [0.5, 0.6) is 11.5 Å². The fourth-order valence-corrected chi connectivity index (χ4v) is 3.55. The topological polar surface area (TPSA) is 86.5 Å². The Kier molecular flexibility index (Phi) is 2.83. The molecule has 0 aliphatic carbocycles. The number of nitrogens with one attached hydrogen (secondary N) is 1. The van der Waals surface area contributed by atoms with Gasteiger partial charge in [-0.25, -0.2) is 4.98 Å². The minimum atomic E-state index is -0.199. The Balaban J connectivity index is 1.98. The number of anilines is 1. The number of pyridine rings is 1. The number of fused-ring (bicyclic) bond motifs is 3. The maximum absolute atomic E-state index is 11.9. The summed E-state index contributed by atoms with van der Waals surface area (Å²) in [6, 6.07) is 5.69. The molecule has 0 saturated carbocycles. The molecule has 0 unspecified atom stereocenters. The van der Waals surface area contributed by atoms with Crippen molar-refractivity contribution >= 4 is 44.1 Å². The van der Waals surface area contributed by atoms with E-state index in [0.29, 0.717) is 35.3 Å². The molecule has 0 bridgehead atoms. The first kappa shape index (κ1) is 13.1. The predicted octanol–water partition coefficient (Wildman–Crippen LogP) is 2.16. The minimum Gasteiger partial charge on any atom is -0.486 e. The summed E-state index contributed by atoms with van der Waals surface area (Å²) in [7, 11) is 1.58. The number of ether oxygens (including phenoxy) is 2. The molecule has 7 heteroatoms. The van der Waals surface area contributed by atoms with E-state index in [-0.39, 0.29) is 5.91 Å². The second-order valence-corrected chi connectivity index (χ2v) is 5.95. The van der Waals surface area contributed by atoms with Crippen molar-refractivity contribution in [3.05, 3.63) is 23.1 Å². The van der Waals surface area contributed by atoms with Crippen LogP contribution < -0.4 is 20.5 Å². The van der Waals surface area contributed by atoms with Gasteiger partial charge >= 0.3 is 0 Å². The highest BCUT2D eigenvalue weighted by Crippen LogP contribution is 2.38. The molecule has 1 aromatic carbocycles. The largest absolute Gasteiger partial charge is 0.486 e. The molecule has 3 N–H and O–H groups in total. The summed E-state index contributed by atoms with van der Waals surface area (Å²) in [6.45, 7) is 1.07. The van der Waals surface area contributed by atoms with Crippen LogP contribution in [0.25, 0.3) is 21.1 Å². The Hall–Kier alpha value is -2.54. The van der Waals surface area contributed by atoms with Gasteiger partial charge in [-0.05, 0) is 12.1 Å². The average Bonchev–Trinajstić information content (AvgIpc) is 2.86. The van der Waals surface area contributed by atoms with Crippen LogP contribution in [0.3, 0.4) is 0 Å². The molecule has 0 spiro atoms. The van der Waals surface area contributed by atoms with Crippen LogP contribution in [0.2, 0.25) is 0 Å². The van der Waals surface area contributed by atoms with Gasteiger partial charge < -0.3 is 20.5 Å². The first-order valence-electron chi connectivity index (χ1n) is 6.82. The number of aromatic nitrogens is 1. The van der Waals surface area contributed by atoms with Crippen LogP contribution in [0.1, 0.15) is 9.67 Å². The molecule has 0 saturated heterocycles. The summed E-state index contributed by atoms with van der Waals surface area (Å²) in [5.74, 6) is 1.21. The molecule has 22 heavy (non-hydrogen) atoms. The first-order chi connectivity index (χ1) is 10.7. The van der Waals surface area contributed by atoms with Crippen LogP contribution >= 0.6 is 11.3 Å². The van der Waals surface area contributed by atoms with Gasteiger partial charge in [0.2, 0.25) is 0 Å². The Morgan fingerprint density at radius 1 is 1.27 bits per heavy atom. The van der Waals surface area contributed by atoms with Gasteiger partial charge in [-0.15, -0.1) is 11.3 Å². The number of nitrogens with zero attached hydrogens (tertiary/aromatic N) is 1. The molecule has 1 amide bonds. The van der Waals surface area contributed by atoms with Crippen LogP contribution in [0.15, 0.2) is 18.2 Å². The fraction of sp³-hybridized carbons (Fsp3) is 0.200. The van der Waals surface area contributed by atoms with Crippen molar-refractivity contribution in [2.24, 2.45) is 0 Å². The Labute approximate surface area is 129 Å². The molecule has 0 fully saturated rings. The molecule has 1 aliphatic heterocycles. The first-order valence-corrected chi connectivity index (χ1v) is 7.63. The smallest absolute Gasteiger partial charge is 0.263 e. The van der Waals surface area contributed by atoms with Crippen molar-refractivity contribution < 1.29 is 14.3 Å². The number of rotatable bonds is 1. The van der Waals surface area contributed by atoms with Gasteiger partial charge in [0.1, 0.15) is 22.9 Å². The number of nitrogens with two attached hydrogens (primary N) is 1. The van der Waals surface area contributed by atoms with Gasteiger partial charge in [0.15, 0.2) is 11.5 Å². The number of amides is 1. The average molecular weight is 315 g/mol. The lowest BCUT2D eigenvalue weighted by molar-refractivity contribution is 0.0968. The number of carbonyl (C=O) groups is 1. The molecule has 3 heterocycles. The lowest BCUT2D eigenvalue weighted by Crippen LogP contribution is -2.17. The van der Waals surface area contributed by atoms with Crippen molar-refractivity contribution in [1.29, 1.82) is 0 Å². The molecular formula is C15H13N3O3S. The van der Waals surface area contributed by atoms with Crippen LogP contribution in [-0.2, 0) is 0 Å². The van der Waals surface area contributed by atoms with E-state index in [1.54, 1.807) is 7.05 Å². The third kappa shape index (κ3) is 1.86. The predicted molar refractivity (Wildman–Crippen MR) is 85.9 cm³/mol. The molecule has 0 radical (unpaired) electrons. The number of benzene rings is 1. The van der Waals surface area contributed by atoms with E-state index in [2.05, 4.69) is 10.3 Å². The summed E-state index contributed by atoms with van der Waals surface area (Å²) in [4.78, 5) is 17.7. The number of thiophene rings is 1. The highest BCUT2D eigenvalue weighted by Gasteiger charge is 2.18. The lowest BCUT2D eigenvalue weighted by Gasteiger charge is -2.18. The molecule has 3 aromatic rings. The second kappa shape index (κ2) is 4.74. The van der Waals surface area contributed by atoms with Crippen molar-refractivity contribution in [3.8, 4) is 11.5 Å². The van der Waals surface area contributed by atoms with E-state index in [0.717, 1.165) is 21.1 Å². The number of nitrogen functional groups attached to an aromatic ring is 1. The van der Waals surface area contributed by atoms with Gasteiger partial charge in [0, 0.05) is 23.9 Å². The zero-order chi connectivity index (χ0) is 15.3. The van der Waals surface area contributed by atoms with Gasteiger partial charge in [-0.3, -0.25) is 4.79 Å². The summed E-state index contributed by atoms with van der Waals surface area (Å²) in [5.41, 5.74) is 7.35. The number of hydrogen-bond acceptors (Lipinski definition) is 6. The third-order valence-electron chi connectivity index (χ3n) is 3.61. The lowest BCUT2D eigenvalue weighted by atomic mass is 10.1. The molecule has 1 aliphatic rings. The summed E-state index contributed by atoms with van der Waals surface area (Å²) in [5, 5.41) is 4.29. The number of hydrogen-bond donors (Lipinski definition) is 2. The summed E-state index contributed by atoms with van der Waals surface area (Å²) >= 11 is 1.29. The summed E-state index contributed by atoms with van der Waals surface area (Å²) < 4.78 is 11.2. The molecule has 112 valence electrons. The monoisotopic (exact) mass is 315 g/mol. The van der Waals surface area contributed by atoms with Gasteiger partial charge in [-0.2, -0.15) is 0 Å². The van der Waals surface area contributed by atoms with E-state index in [1.807, 2.05) is 18.2 Å². The molecule has 0 atom stereocenters. The Morgan fingerprint density at radius 3 is 2.73 bits per heavy atom. The normalized spacial score (nSPS) is 13.5. The van der Waals surface area contributed by atoms with E-state index >= 15 is 0 Å². The van der Waals surface area contributed by atoms with E-state index < -0.39 is 0 Å². The summed E-state index contributed by atoms with van der Waals surface area (Å²) in [6.07, 6.45) is 0. The van der Waals surface area contributed by atoms with Crippen LogP contribution in [-0.4, -0.2) is 31.2 Å². The zero-order valence-corrected chi connectivity index (χ0v) is 12.6. The quantitative estimate of drug-likeness (QED) is 0.718. The Bertz CT molecular complexity index is 919. The second-order valence-electron chi connectivity index (χ2n) is 4.95. The number of carbonyl (C=O) groups excluding carboxylic acids is 1. The molecule has 6 nitrogen and oxygen atoms in total. The third-order valence-corrected chi connectivity index (χ3v) is 4.72. The van der Waals surface area contributed by atoms with E-state index in [9.17, 15) is 4.79 Å². The van der Waals surface area contributed by atoms with Crippen molar-refractivity contribution in [2.75, 3.05) is 26.0 Å². The maximum Gasteiger partial charge on any atom is 0.263 e. The van der Waals surface area contributed by atoms with E-state index in [1.165, 1.54) is 11.3 Å². The minimum absolute atomic E-state index is 0.199. The molecule has 2 aromatic heterocycles. The van der Waals surface area contributed by atoms with Crippen LogP contribution in [0.4, 0.5) is 5.69 Å². The molecule has 4 rings (SSSR count). The fourth-order valence-electron chi connectivity index (χ4n) is 2.52. The van der Waals surface area contributed by atoms with E-state index in [4.69, 9.17) is 15.2 Å². The van der Waals surface area contributed by atoms with Crippen molar-refractivity contribution in [1.82, 2.24) is 10.3 Å².